The van der Waals surface area contributed by atoms with E-state index in [4.69, 9.17) is 4.74 Å². The molecular formula is C18H18BrN3O3. The van der Waals surface area contributed by atoms with Crippen molar-refractivity contribution in [2.45, 2.75) is 6.92 Å². The second-order valence-corrected chi connectivity index (χ2v) is 6.39. The number of rotatable bonds is 4. The van der Waals surface area contributed by atoms with Crippen molar-refractivity contribution in [2.24, 2.45) is 0 Å². The number of benzene rings is 2. The fourth-order valence-electron chi connectivity index (χ4n) is 2.80. The fraction of sp³-hybridized carbons (Fsp3) is 0.167. The zero-order chi connectivity index (χ0) is 18.0. The normalized spacial score (nSPS) is 10.6. The van der Waals surface area contributed by atoms with Crippen molar-refractivity contribution in [2.75, 3.05) is 19.6 Å². The number of amides is 1. The molecular weight excluding hydrogens is 386 g/mol. The number of hydrogen-bond donors (Lipinski definition) is 3. The van der Waals surface area contributed by atoms with Crippen LogP contribution in [0.1, 0.15) is 5.69 Å². The van der Waals surface area contributed by atoms with Gasteiger partial charge in [-0.25, -0.2) is 10.2 Å². The molecule has 1 amide bonds. The number of carbonyl (C=O) groups excluding carboxylic acids is 1. The van der Waals surface area contributed by atoms with E-state index in [1.54, 1.807) is 7.11 Å². The number of aromatic nitrogens is 1. The highest BCUT2D eigenvalue weighted by Crippen LogP contribution is 2.39. The average Bonchev–Trinajstić information content (AvgIpc) is 2.94. The first-order chi connectivity index (χ1) is 12.0. The summed E-state index contributed by atoms with van der Waals surface area (Å²) >= 11 is 3.53. The van der Waals surface area contributed by atoms with Crippen LogP contribution in [0.5, 0.6) is 5.75 Å². The lowest BCUT2D eigenvalue weighted by Gasteiger charge is -2.13. The Balaban J connectivity index is 2.04. The predicted octanol–water partition coefficient (Wildman–Crippen LogP) is 4.60. The number of methoxy groups -OCH3 is 2. The molecule has 0 spiro atoms. The molecule has 0 unspecified atom stereocenters. The zero-order valence-corrected chi connectivity index (χ0v) is 15.7. The van der Waals surface area contributed by atoms with E-state index in [0.717, 1.165) is 32.2 Å². The summed E-state index contributed by atoms with van der Waals surface area (Å²) in [6, 6.07) is 11.8. The Bertz CT molecular complexity index is 937. The minimum atomic E-state index is -0.569. The van der Waals surface area contributed by atoms with Crippen molar-refractivity contribution in [1.82, 2.24) is 10.4 Å². The molecule has 3 aromatic rings. The molecule has 130 valence electrons. The average molecular weight is 404 g/mol. The molecule has 0 bridgehead atoms. The maximum absolute atomic E-state index is 11.2. The van der Waals surface area contributed by atoms with Crippen molar-refractivity contribution in [3.8, 4) is 16.9 Å². The Labute approximate surface area is 153 Å². The van der Waals surface area contributed by atoms with Gasteiger partial charge >= 0.3 is 6.09 Å². The van der Waals surface area contributed by atoms with Crippen molar-refractivity contribution < 1.29 is 14.3 Å². The monoisotopic (exact) mass is 403 g/mol. The summed E-state index contributed by atoms with van der Waals surface area (Å²) in [5, 5.41) is 1.11. The predicted molar refractivity (Wildman–Crippen MR) is 102 cm³/mol. The smallest absolute Gasteiger partial charge is 0.425 e. The number of carbonyl (C=O) groups is 1. The van der Waals surface area contributed by atoms with Crippen LogP contribution in [0, 0.1) is 6.92 Å². The van der Waals surface area contributed by atoms with Crippen LogP contribution in [0.3, 0.4) is 0 Å². The van der Waals surface area contributed by atoms with E-state index >= 15 is 0 Å². The maximum Gasteiger partial charge on any atom is 0.425 e. The number of aromatic amines is 1. The third kappa shape index (κ3) is 3.41. The third-order valence-electron chi connectivity index (χ3n) is 3.91. The molecule has 1 aromatic heterocycles. The van der Waals surface area contributed by atoms with Crippen LogP contribution in [0.15, 0.2) is 40.9 Å². The van der Waals surface area contributed by atoms with Crippen LogP contribution in [0.4, 0.5) is 10.5 Å². The van der Waals surface area contributed by atoms with E-state index in [0.29, 0.717) is 11.4 Å². The Kier molecular flexibility index (Phi) is 4.85. The minimum absolute atomic E-state index is 0.569. The van der Waals surface area contributed by atoms with Gasteiger partial charge in [0.15, 0.2) is 0 Å². The van der Waals surface area contributed by atoms with E-state index in [9.17, 15) is 4.79 Å². The molecule has 0 aliphatic carbocycles. The second-order valence-electron chi connectivity index (χ2n) is 5.47. The number of fused-ring (bicyclic) bond motifs is 1. The van der Waals surface area contributed by atoms with Gasteiger partial charge in [0.25, 0.3) is 0 Å². The van der Waals surface area contributed by atoms with Gasteiger partial charge in [-0.3, -0.25) is 5.43 Å². The Morgan fingerprint density at radius 3 is 2.68 bits per heavy atom. The summed E-state index contributed by atoms with van der Waals surface area (Å²) in [6.07, 6.45) is -0.569. The van der Waals surface area contributed by atoms with Gasteiger partial charge in [-0.2, -0.15) is 0 Å². The van der Waals surface area contributed by atoms with Gasteiger partial charge in [-0.05, 0) is 37.3 Å². The number of aryl methyl sites for hydroxylation is 1. The molecule has 0 aliphatic heterocycles. The number of halogens is 1. The van der Waals surface area contributed by atoms with Crippen LogP contribution < -0.4 is 15.6 Å². The molecule has 1 heterocycles. The number of hydrogen-bond acceptors (Lipinski definition) is 4. The van der Waals surface area contributed by atoms with Crippen LogP contribution in [-0.4, -0.2) is 25.3 Å². The molecule has 3 N–H and O–H groups in total. The van der Waals surface area contributed by atoms with Gasteiger partial charge in [0.1, 0.15) is 5.75 Å². The van der Waals surface area contributed by atoms with Crippen molar-refractivity contribution >= 4 is 38.6 Å². The van der Waals surface area contributed by atoms with Gasteiger partial charge in [-0.1, -0.05) is 15.9 Å². The summed E-state index contributed by atoms with van der Waals surface area (Å²) in [7, 11) is 2.93. The lowest BCUT2D eigenvalue weighted by molar-refractivity contribution is 0.173. The molecule has 3 rings (SSSR count). The summed E-state index contributed by atoms with van der Waals surface area (Å²) in [5.74, 6) is 0.695. The zero-order valence-electron chi connectivity index (χ0n) is 14.1. The van der Waals surface area contributed by atoms with Crippen molar-refractivity contribution in [3.63, 3.8) is 0 Å². The molecule has 0 atom stereocenters. The second kappa shape index (κ2) is 7.06. The number of ether oxygens (including phenoxy) is 2. The van der Waals surface area contributed by atoms with Crippen molar-refractivity contribution in [3.05, 3.63) is 46.6 Å². The number of hydrazine groups is 1. The van der Waals surface area contributed by atoms with Gasteiger partial charge in [0.2, 0.25) is 0 Å². The van der Waals surface area contributed by atoms with E-state index in [-0.39, 0.29) is 0 Å². The summed E-state index contributed by atoms with van der Waals surface area (Å²) in [4.78, 5) is 14.6. The van der Waals surface area contributed by atoms with E-state index < -0.39 is 6.09 Å². The van der Waals surface area contributed by atoms with Crippen molar-refractivity contribution in [1.29, 1.82) is 0 Å². The largest absolute Gasteiger partial charge is 0.496 e. The molecule has 0 aliphatic rings. The first kappa shape index (κ1) is 17.2. The quantitative estimate of drug-likeness (QED) is 0.556. The third-order valence-corrected chi connectivity index (χ3v) is 4.41. The fourth-order valence-corrected chi connectivity index (χ4v) is 3.16. The van der Waals surface area contributed by atoms with Gasteiger partial charge < -0.3 is 14.5 Å². The molecule has 0 fully saturated rings. The van der Waals surface area contributed by atoms with E-state index in [1.807, 2.05) is 37.3 Å². The van der Waals surface area contributed by atoms with E-state index in [1.165, 1.54) is 7.11 Å². The summed E-state index contributed by atoms with van der Waals surface area (Å²) in [6.45, 7) is 2.04. The molecule has 0 radical (unpaired) electrons. The molecule has 2 aromatic carbocycles. The number of anilines is 1. The minimum Gasteiger partial charge on any atom is -0.496 e. The van der Waals surface area contributed by atoms with Gasteiger partial charge in [0.05, 0.1) is 19.9 Å². The highest BCUT2D eigenvalue weighted by atomic mass is 79.9. The molecule has 25 heavy (non-hydrogen) atoms. The van der Waals surface area contributed by atoms with Crippen LogP contribution in [0.2, 0.25) is 0 Å². The highest BCUT2D eigenvalue weighted by Gasteiger charge is 2.15. The first-order valence-electron chi connectivity index (χ1n) is 7.59. The van der Waals surface area contributed by atoms with Crippen LogP contribution in [-0.2, 0) is 4.74 Å². The Morgan fingerprint density at radius 2 is 1.96 bits per heavy atom. The Morgan fingerprint density at radius 1 is 1.16 bits per heavy atom. The first-order valence-corrected chi connectivity index (χ1v) is 8.39. The summed E-state index contributed by atoms with van der Waals surface area (Å²) in [5.41, 5.74) is 10.1. The lowest BCUT2D eigenvalue weighted by atomic mass is 10.0. The lowest BCUT2D eigenvalue weighted by Crippen LogP contribution is -2.28. The van der Waals surface area contributed by atoms with E-state index in [2.05, 4.69) is 42.6 Å². The van der Waals surface area contributed by atoms with Gasteiger partial charge in [-0.15, -0.1) is 0 Å². The van der Waals surface area contributed by atoms with Crippen LogP contribution >= 0.6 is 15.9 Å². The summed E-state index contributed by atoms with van der Waals surface area (Å²) < 4.78 is 11.1. The number of H-pyrrole nitrogens is 1. The maximum atomic E-state index is 11.2. The molecule has 0 saturated carbocycles. The number of nitrogens with one attached hydrogen (secondary N) is 3. The highest BCUT2D eigenvalue weighted by molar-refractivity contribution is 9.10. The standard InChI is InChI=1S/C18H18BrN3O3/c1-10-17(14-8-11(19)4-7-15(14)20-10)13-6-5-12(9-16(13)24-2)21-22-18(23)25-3/h4-9,20-21H,1-3H3,(H,22,23). The SMILES string of the molecule is COC(=O)NNc1ccc(-c2c(C)[nH]c3ccc(Br)cc23)c(OC)c1. The van der Waals surface area contributed by atoms with Crippen LogP contribution in [0.25, 0.3) is 22.0 Å². The topological polar surface area (TPSA) is 75.4 Å². The Hall–Kier alpha value is -2.67. The molecule has 7 heteroatoms. The molecule has 0 saturated heterocycles. The van der Waals surface area contributed by atoms with Gasteiger partial charge in [0, 0.05) is 38.3 Å². The molecule has 6 nitrogen and oxygen atoms in total.